The van der Waals surface area contributed by atoms with Crippen LogP contribution in [0.5, 0.6) is 0 Å². The van der Waals surface area contributed by atoms with Crippen molar-refractivity contribution in [2.75, 3.05) is 28.3 Å². The second-order valence-corrected chi connectivity index (χ2v) is 8.21. The molecule has 0 saturated carbocycles. The van der Waals surface area contributed by atoms with Crippen LogP contribution in [0.25, 0.3) is 0 Å². The number of nitrogens with zero attached hydrogens (tertiary/aromatic N) is 3. The minimum absolute atomic E-state index is 0.00379. The summed E-state index contributed by atoms with van der Waals surface area (Å²) in [5.41, 5.74) is 2.78. The molecule has 9 nitrogen and oxygen atoms in total. The molecular weight excluding hydrogens is 467 g/mol. The number of carbonyl (C=O) groups is 3. The Hall–Kier alpha value is -4.11. The summed E-state index contributed by atoms with van der Waals surface area (Å²) in [4.78, 5) is 40.3. The number of imide groups is 1. The first-order valence-corrected chi connectivity index (χ1v) is 10.4. The molecule has 1 fully saturated rings. The molecule has 35 heavy (non-hydrogen) atoms. The first-order chi connectivity index (χ1) is 16.3. The number of nitriles is 1. The van der Waals surface area contributed by atoms with Gasteiger partial charge in [0.1, 0.15) is 12.1 Å². The Labute approximate surface area is 198 Å². The Morgan fingerprint density at radius 2 is 1.83 bits per heavy atom. The van der Waals surface area contributed by atoms with Crippen molar-refractivity contribution < 1.29 is 32.3 Å². The number of nitrogens with one attached hydrogen (secondary N) is 1. The van der Waals surface area contributed by atoms with E-state index in [0.29, 0.717) is 22.2 Å². The van der Waals surface area contributed by atoms with Gasteiger partial charge in [0, 0.05) is 17.9 Å². The standard InChI is InChI=1S/C23H22F3N5O4/c1-13-4-6-16(11-18(13)29-20(33)35-9-8-27)31-21(34)30(19(32)22(31,2)3)15-7-5-14(12-28)17(10-15)23(24,25)26/h4-7,10-11H,8-9,27H2,1-3H3,(H,29,33). The number of benzene rings is 2. The van der Waals surface area contributed by atoms with Crippen molar-refractivity contribution in [2.45, 2.75) is 32.5 Å². The lowest BCUT2D eigenvalue weighted by molar-refractivity contribution is -0.137. The Kier molecular flexibility index (Phi) is 6.75. The molecule has 12 heteroatoms. The Bertz CT molecular complexity index is 1240. The third-order valence-electron chi connectivity index (χ3n) is 5.42. The highest BCUT2D eigenvalue weighted by Gasteiger charge is 2.53. The molecule has 2 aromatic carbocycles. The van der Waals surface area contributed by atoms with Gasteiger partial charge < -0.3 is 10.5 Å². The van der Waals surface area contributed by atoms with Gasteiger partial charge in [-0.3, -0.25) is 15.0 Å². The van der Waals surface area contributed by atoms with E-state index in [2.05, 4.69) is 5.32 Å². The fraction of sp³-hybridized carbons (Fsp3) is 0.304. The van der Waals surface area contributed by atoms with Crippen molar-refractivity contribution in [3.05, 3.63) is 53.1 Å². The van der Waals surface area contributed by atoms with Crippen LogP contribution in [0.2, 0.25) is 0 Å². The lowest BCUT2D eigenvalue weighted by Crippen LogP contribution is -2.44. The lowest BCUT2D eigenvalue weighted by Gasteiger charge is -2.28. The van der Waals surface area contributed by atoms with E-state index in [1.165, 1.54) is 26.0 Å². The number of ether oxygens (including phenoxy) is 1. The molecule has 1 aliphatic heterocycles. The average molecular weight is 489 g/mol. The summed E-state index contributed by atoms with van der Waals surface area (Å²) in [7, 11) is 0. The third kappa shape index (κ3) is 4.76. The number of halogens is 3. The Morgan fingerprint density at radius 3 is 2.43 bits per heavy atom. The topological polar surface area (TPSA) is 129 Å². The molecule has 0 aromatic heterocycles. The van der Waals surface area contributed by atoms with Gasteiger partial charge in [-0.1, -0.05) is 6.07 Å². The monoisotopic (exact) mass is 489 g/mol. The minimum atomic E-state index is -4.86. The Morgan fingerprint density at radius 1 is 1.17 bits per heavy atom. The van der Waals surface area contributed by atoms with Crippen molar-refractivity contribution >= 4 is 35.1 Å². The van der Waals surface area contributed by atoms with Gasteiger partial charge in [-0.15, -0.1) is 0 Å². The van der Waals surface area contributed by atoms with Gasteiger partial charge in [0.05, 0.1) is 22.9 Å². The van der Waals surface area contributed by atoms with Crippen LogP contribution >= 0.6 is 0 Å². The maximum Gasteiger partial charge on any atom is 0.417 e. The van der Waals surface area contributed by atoms with Crippen LogP contribution in [0.4, 0.5) is 39.8 Å². The van der Waals surface area contributed by atoms with Gasteiger partial charge in [-0.2, -0.15) is 18.4 Å². The van der Waals surface area contributed by atoms with E-state index in [9.17, 15) is 27.6 Å². The predicted molar refractivity (Wildman–Crippen MR) is 121 cm³/mol. The van der Waals surface area contributed by atoms with Crippen molar-refractivity contribution in [1.82, 2.24) is 0 Å². The largest absolute Gasteiger partial charge is 0.448 e. The highest BCUT2D eigenvalue weighted by atomic mass is 19.4. The van der Waals surface area contributed by atoms with Gasteiger partial charge >= 0.3 is 18.3 Å². The Balaban J connectivity index is 2.02. The molecule has 3 N–H and O–H groups in total. The number of carbonyl (C=O) groups excluding carboxylic acids is 3. The highest BCUT2D eigenvalue weighted by Crippen LogP contribution is 2.40. The second-order valence-electron chi connectivity index (χ2n) is 8.21. The van der Waals surface area contributed by atoms with E-state index in [0.717, 1.165) is 17.0 Å². The van der Waals surface area contributed by atoms with Gasteiger partial charge in [0.15, 0.2) is 0 Å². The van der Waals surface area contributed by atoms with Crippen LogP contribution < -0.4 is 20.9 Å². The smallest absolute Gasteiger partial charge is 0.417 e. The van der Waals surface area contributed by atoms with E-state index in [1.807, 2.05) is 0 Å². The van der Waals surface area contributed by atoms with Crippen LogP contribution in [0.1, 0.15) is 30.5 Å². The molecule has 0 atom stereocenters. The van der Waals surface area contributed by atoms with Gasteiger partial charge in [0.25, 0.3) is 5.91 Å². The maximum atomic E-state index is 13.5. The summed E-state index contributed by atoms with van der Waals surface area (Å²) in [5, 5.41) is 11.6. The fourth-order valence-corrected chi connectivity index (χ4v) is 3.64. The number of hydrogen-bond donors (Lipinski definition) is 2. The molecular formula is C23H22F3N5O4. The number of urea groups is 1. The van der Waals surface area contributed by atoms with Gasteiger partial charge in [-0.05, 0) is 56.7 Å². The second kappa shape index (κ2) is 9.27. The average Bonchev–Trinajstić information content (AvgIpc) is 2.96. The molecule has 0 unspecified atom stereocenters. The van der Waals surface area contributed by atoms with E-state index in [-0.39, 0.29) is 24.5 Å². The molecule has 0 bridgehead atoms. The summed E-state index contributed by atoms with van der Waals surface area (Å²) < 4.78 is 45.3. The molecule has 3 rings (SSSR count). The van der Waals surface area contributed by atoms with Crippen molar-refractivity contribution in [3.63, 3.8) is 0 Å². The number of rotatable bonds is 5. The van der Waals surface area contributed by atoms with Crippen LogP contribution in [-0.4, -0.2) is 36.7 Å². The summed E-state index contributed by atoms with van der Waals surface area (Å²) in [6, 6.07) is 7.80. The molecule has 0 spiro atoms. The van der Waals surface area contributed by atoms with Crippen LogP contribution in [0.3, 0.4) is 0 Å². The summed E-state index contributed by atoms with van der Waals surface area (Å²) >= 11 is 0. The number of hydrogen-bond acceptors (Lipinski definition) is 6. The third-order valence-corrected chi connectivity index (χ3v) is 5.42. The lowest BCUT2D eigenvalue weighted by atomic mass is 10.0. The quantitative estimate of drug-likeness (QED) is 0.608. The van der Waals surface area contributed by atoms with E-state index in [1.54, 1.807) is 19.1 Å². The number of nitrogens with two attached hydrogens (primary N) is 1. The molecule has 4 amide bonds. The van der Waals surface area contributed by atoms with Crippen LogP contribution in [0.15, 0.2) is 36.4 Å². The van der Waals surface area contributed by atoms with Crippen molar-refractivity contribution in [2.24, 2.45) is 5.73 Å². The molecule has 1 saturated heterocycles. The van der Waals surface area contributed by atoms with Crippen LogP contribution in [0, 0.1) is 18.3 Å². The first-order valence-electron chi connectivity index (χ1n) is 10.4. The molecule has 184 valence electrons. The van der Waals surface area contributed by atoms with E-state index >= 15 is 0 Å². The highest BCUT2D eigenvalue weighted by molar-refractivity contribution is 6.30. The summed E-state index contributed by atoms with van der Waals surface area (Å²) in [6.45, 7) is 4.72. The number of aryl methyl sites for hydroxylation is 1. The zero-order valence-electron chi connectivity index (χ0n) is 19.1. The van der Waals surface area contributed by atoms with Gasteiger partial charge in [-0.25, -0.2) is 14.5 Å². The number of amides is 4. The minimum Gasteiger partial charge on any atom is -0.448 e. The zero-order valence-corrected chi connectivity index (χ0v) is 19.1. The summed E-state index contributed by atoms with van der Waals surface area (Å²) in [6.07, 6.45) is -5.63. The van der Waals surface area contributed by atoms with E-state index in [4.69, 9.17) is 15.7 Å². The SMILES string of the molecule is Cc1ccc(N2C(=O)N(c3ccc(C#N)c(C(F)(F)F)c3)C(=O)C2(C)C)cc1NC(=O)OCCN. The first kappa shape index (κ1) is 25.5. The molecule has 1 heterocycles. The number of alkyl halides is 3. The molecule has 2 aromatic rings. The molecule has 0 radical (unpaired) electrons. The zero-order chi connectivity index (χ0) is 26.1. The van der Waals surface area contributed by atoms with Crippen LogP contribution in [-0.2, 0) is 15.7 Å². The predicted octanol–water partition coefficient (Wildman–Crippen LogP) is 4.14. The van der Waals surface area contributed by atoms with Crippen molar-refractivity contribution in [1.29, 1.82) is 5.26 Å². The van der Waals surface area contributed by atoms with Gasteiger partial charge in [0.2, 0.25) is 0 Å². The molecule has 0 aliphatic carbocycles. The molecule has 1 aliphatic rings. The fourth-order valence-electron chi connectivity index (χ4n) is 3.64. The normalized spacial score (nSPS) is 15.3. The van der Waals surface area contributed by atoms with Crippen molar-refractivity contribution in [3.8, 4) is 6.07 Å². The summed E-state index contributed by atoms with van der Waals surface area (Å²) in [5.74, 6) is -0.766. The maximum absolute atomic E-state index is 13.5. The number of anilines is 3. The van der Waals surface area contributed by atoms with E-state index < -0.39 is 40.9 Å².